The van der Waals surface area contributed by atoms with Gasteiger partial charge in [-0.15, -0.1) is 18.3 Å². The molecule has 0 amide bonds. The van der Waals surface area contributed by atoms with E-state index in [2.05, 4.69) is 190 Å². The summed E-state index contributed by atoms with van der Waals surface area (Å²) in [6, 6.07) is 0. The molecular formula is C65H124B4O13Si6V4. The smallest absolute Gasteiger partial charge is 0.428 e. The third-order valence-electron chi connectivity index (χ3n) is 16.4. The van der Waals surface area contributed by atoms with Gasteiger partial charge in [0.05, 0.1) is 0 Å². The van der Waals surface area contributed by atoms with E-state index >= 15 is 0 Å². The van der Waals surface area contributed by atoms with Gasteiger partial charge in [-0.2, -0.15) is 33.3 Å². The van der Waals surface area contributed by atoms with Crippen LogP contribution in [0.5, 0.6) is 0 Å². The maximum absolute atomic E-state index is 12.2. The number of carbonyl (C=O) groups excluding carboxylic acids is 1. The van der Waals surface area contributed by atoms with Gasteiger partial charge in [0.2, 0.25) is 0 Å². The molecule has 92 heavy (non-hydrogen) atoms. The fraction of sp³-hybridized carbons (Fsp3) is 0.769. The molecule has 0 aliphatic carbocycles. The van der Waals surface area contributed by atoms with E-state index in [1.54, 1.807) is 25.6 Å². The zero-order valence-corrected chi connectivity index (χ0v) is 73.6. The molecule has 0 bridgehead atoms. The molecule has 0 unspecified atom stereocenters. The molecule has 3 aliphatic heterocycles. The normalized spacial score (nSPS) is 20.8. The van der Waals surface area contributed by atoms with E-state index in [1.165, 1.54) is 12.7 Å². The van der Waals surface area contributed by atoms with Gasteiger partial charge in [-0.1, -0.05) is 226 Å². The van der Waals surface area contributed by atoms with Crippen LogP contribution < -0.4 is 0 Å². The Morgan fingerprint density at radius 2 is 0.793 bits per heavy atom. The average molecular weight is 1530 g/mol. The average Bonchev–Trinajstić information content (AvgIpc) is 0.784. The van der Waals surface area contributed by atoms with Crippen LogP contribution in [-0.2, 0) is 118 Å². The fourth-order valence-electron chi connectivity index (χ4n) is 11.5. The van der Waals surface area contributed by atoms with E-state index in [-0.39, 0.29) is 110 Å². The number of hydrogen-bond acceptors (Lipinski definition) is 13. The Morgan fingerprint density at radius 3 is 1.05 bits per heavy atom. The van der Waals surface area contributed by atoms with Crippen LogP contribution in [0.4, 0.5) is 0 Å². The Hall–Kier alpha value is 1.74. The summed E-state index contributed by atoms with van der Waals surface area (Å²) < 4.78 is 60.6. The number of ketones is 1. The minimum absolute atomic E-state index is 0. The van der Waals surface area contributed by atoms with Crippen molar-refractivity contribution in [1.82, 2.24) is 0 Å². The quantitative estimate of drug-likeness (QED) is 0.0504. The third kappa shape index (κ3) is 30.0. The van der Waals surface area contributed by atoms with Gasteiger partial charge < -0.3 is 83.1 Å². The Kier molecular flexibility index (Phi) is 59.0. The number of Topliss-reactive ketones (excluding diaryl/α,β-unsaturated/α-hetero) is 1. The van der Waals surface area contributed by atoms with Gasteiger partial charge in [-0.05, 0) is 100 Å². The minimum atomic E-state index is -2.71. The summed E-state index contributed by atoms with van der Waals surface area (Å²) in [5, 5.41) is 25.5. The van der Waals surface area contributed by atoms with Crippen LogP contribution in [0.3, 0.4) is 0 Å². The second-order valence-corrected chi connectivity index (χ2v) is 53.1. The fourth-order valence-corrected chi connectivity index (χ4v) is 44.7. The monoisotopic (exact) mass is 1530 g/mol. The van der Waals surface area contributed by atoms with Crippen molar-refractivity contribution in [2.75, 3.05) is 33.0 Å². The van der Waals surface area contributed by atoms with E-state index in [4.69, 9.17) is 80.5 Å². The van der Waals surface area contributed by atoms with Crippen LogP contribution in [0.25, 0.3) is 0 Å². The largest absolute Gasteiger partial charge is 2.00 e. The second-order valence-electron chi connectivity index (χ2n) is 26.6. The number of aliphatic hydroxyl groups is 3. The molecular weight excluding hydrogens is 1400 g/mol. The van der Waals surface area contributed by atoms with Crippen molar-refractivity contribution in [2.45, 2.75) is 291 Å². The van der Waals surface area contributed by atoms with E-state index in [0.29, 0.717) is 93.8 Å². The molecule has 3 saturated heterocycles. The van der Waals surface area contributed by atoms with Gasteiger partial charge in [-0.3, -0.25) is 38.3 Å². The number of rotatable bonds is 23. The number of hydrogen-bond donors (Lipinski definition) is 3. The standard InChI is InChI=1S/C20H37BO3Si2.C17H33BO4Si2.C17H35BO3Si2.C8H11BO2.C3H8O.4V/c1-10-11-19(14-21)20-12-13-22-25(15(2)3,16(4)5)24-26(23-20,17(6)7)18(8)9;1-12(2)23(13(3)4)20-10-9-17(16(19)11-18)21-24(22-23,14(5)6)15(7)8;1-13(2)22(14(3)4)19-12-10-17(9-11-18)20-23(21-22,15(5)6)16(7)8;1-2-3-7(6-9)8(11)4-5-10;1-2-3-4;;;;/h10,12,14-18,20H,13H2,1-9H3;9,11-15,17H,10H2,1-8H3;10-11,13-17H,9,12H2,1-8H3;2,4,6,8,10-11H,5H2,1H3;4H,2-3H2,1H3;;;;/q4*-2;;4*+2/t11?,20-;2*17-;3?,8-;;;;;/m0000...../s1. The molecule has 0 aromatic carbocycles. The molecule has 13 nitrogen and oxygen atoms in total. The van der Waals surface area contributed by atoms with Crippen LogP contribution in [0.15, 0.2) is 34.8 Å². The molecule has 3 aliphatic rings. The summed E-state index contributed by atoms with van der Waals surface area (Å²) in [6.07, 6.45) is 16.3. The molecule has 3 N–H and O–H groups in total. The van der Waals surface area contributed by atoms with Crippen molar-refractivity contribution in [3.8, 4) is 0 Å². The summed E-state index contributed by atoms with van der Waals surface area (Å²) >= 11 is 0. The van der Waals surface area contributed by atoms with Crippen molar-refractivity contribution in [1.29, 1.82) is 0 Å². The van der Waals surface area contributed by atoms with E-state index in [9.17, 15) is 9.90 Å². The van der Waals surface area contributed by atoms with Crippen molar-refractivity contribution >= 4 is 88.5 Å². The first-order chi connectivity index (χ1) is 40.9. The van der Waals surface area contributed by atoms with Crippen LogP contribution in [0.2, 0.25) is 66.5 Å². The molecule has 3 rings (SSSR count). The number of carbonyl (C=O) groups is 1. The molecule has 0 spiro atoms. The molecule has 518 valence electrons. The molecule has 12 radical (unpaired) electrons. The molecule has 3 fully saturated rings. The molecule has 4 atom stereocenters. The van der Waals surface area contributed by atoms with E-state index < -0.39 is 63.6 Å². The van der Waals surface area contributed by atoms with Crippen LogP contribution in [-0.4, -0.2) is 161 Å². The van der Waals surface area contributed by atoms with Crippen molar-refractivity contribution in [3.63, 3.8) is 0 Å². The maximum Gasteiger partial charge on any atom is 2.00 e. The molecule has 0 aromatic rings. The topological polar surface area (TPSA) is 161 Å². The van der Waals surface area contributed by atoms with Crippen LogP contribution in [0.1, 0.15) is 200 Å². The molecule has 3 heterocycles. The first kappa shape index (κ1) is 105. The Morgan fingerprint density at radius 1 is 0.489 bits per heavy atom. The van der Waals surface area contributed by atoms with Gasteiger partial charge >= 0.3 is 126 Å². The summed E-state index contributed by atoms with van der Waals surface area (Å²) in [5.41, 5.74) is 11.0. The predicted molar refractivity (Wildman–Crippen MR) is 383 cm³/mol. The molecule has 0 saturated carbocycles. The Labute approximate surface area is 625 Å². The molecule has 27 heteroatoms. The van der Waals surface area contributed by atoms with Crippen molar-refractivity contribution < 1.29 is 133 Å². The minimum Gasteiger partial charge on any atom is -0.428 e. The number of aliphatic hydroxyl groups excluding tert-OH is 3. The van der Waals surface area contributed by atoms with E-state index in [1.807, 2.05) is 26.3 Å². The van der Waals surface area contributed by atoms with Crippen LogP contribution >= 0.6 is 0 Å². The third-order valence-corrected chi connectivity index (χ3v) is 47.2. The zero-order valence-electron chi connectivity index (χ0n) is 62.0. The van der Waals surface area contributed by atoms with Gasteiger partial charge in [-0.25, -0.2) is 0 Å². The SMILES string of the molecule is CCCO.[B][CH-]C(=C=CC)[C@@H](O)[CH-]CO.[B][CH-]C(=C=CC)[C@@H]1[CH-]CO[Si](C(C)C)(C(C)C)O[Si](C(C)C)(C(C)C)O1.[B][CH-]C(=O)[C@@H]1[CH-]CO[Si](C(C)C)(C(C)C)O[Si](C(C)C)(C(C)C)O1.[B][CH-]C[C@H]1[CH-]CO[Si](C(C)C)(C(C)C)O[Si](C(C)C)(C(C)C)O1.[V+2].[V+2].[V+2].[V+2]. The Bertz CT molecular complexity index is 2010. The summed E-state index contributed by atoms with van der Waals surface area (Å²) in [5.74, 6) is -0.233. The van der Waals surface area contributed by atoms with Crippen molar-refractivity contribution in [2.24, 2.45) is 0 Å². The molecule has 0 aromatic heterocycles. The van der Waals surface area contributed by atoms with Crippen molar-refractivity contribution in [3.05, 3.63) is 85.7 Å². The van der Waals surface area contributed by atoms with E-state index in [0.717, 1.165) is 18.3 Å². The zero-order chi connectivity index (χ0) is 68.8. The second kappa shape index (κ2) is 51.8. The Balaban J connectivity index is -0.000000266. The summed E-state index contributed by atoms with van der Waals surface area (Å²) in [7, 11) is 7.08. The summed E-state index contributed by atoms with van der Waals surface area (Å²) in [4.78, 5) is 12.2. The van der Waals surface area contributed by atoms with Gasteiger partial charge in [0.25, 0.3) is 0 Å². The summed E-state index contributed by atoms with van der Waals surface area (Å²) in [6.45, 7) is 60.1. The van der Waals surface area contributed by atoms with Crippen LogP contribution in [0, 0.1) is 51.0 Å². The first-order valence-electron chi connectivity index (χ1n) is 32.7. The predicted octanol–water partition coefficient (Wildman–Crippen LogP) is 14.8. The van der Waals surface area contributed by atoms with Gasteiger partial charge in [0.15, 0.2) is 0 Å². The van der Waals surface area contributed by atoms with Gasteiger partial charge in [0.1, 0.15) is 0 Å². The first-order valence-corrected chi connectivity index (χ1v) is 44.6. The van der Waals surface area contributed by atoms with Gasteiger partial charge in [0, 0.05) is 6.61 Å². The maximum atomic E-state index is 12.2.